The Kier molecular flexibility index (Phi) is 3.40. The third-order valence-electron chi connectivity index (χ3n) is 4.50. The highest BCUT2D eigenvalue weighted by Crippen LogP contribution is 2.36. The molecule has 1 unspecified atom stereocenters. The van der Waals surface area contributed by atoms with Crippen molar-refractivity contribution in [3.8, 4) is 0 Å². The molecule has 2 fully saturated rings. The van der Waals surface area contributed by atoms with Gasteiger partial charge in [-0.15, -0.1) is 0 Å². The summed E-state index contributed by atoms with van der Waals surface area (Å²) in [5.41, 5.74) is -0.686. The second kappa shape index (κ2) is 4.67. The van der Waals surface area contributed by atoms with E-state index in [1.807, 2.05) is 6.92 Å². The first-order chi connectivity index (χ1) is 8.09. The van der Waals surface area contributed by atoms with Crippen LogP contribution in [-0.2, 0) is 9.59 Å². The third kappa shape index (κ3) is 2.17. The lowest BCUT2D eigenvalue weighted by Crippen LogP contribution is -2.38. The summed E-state index contributed by atoms with van der Waals surface area (Å²) in [5.74, 6) is -0.391. The summed E-state index contributed by atoms with van der Waals surface area (Å²) < 4.78 is 0. The van der Waals surface area contributed by atoms with Crippen molar-refractivity contribution < 1.29 is 14.7 Å². The lowest BCUT2D eigenvalue weighted by molar-refractivity contribution is -0.149. The van der Waals surface area contributed by atoms with Gasteiger partial charge >= 0.3 is 5.97 Å². The minimum atomic E-state index is -0.748. The highest BCUT2D eigenvalue weighted by Gasteiger charge is 2.45. The van der Waals surface area contributed by atoms with Gasteiger partial charge in [-0.2, -0.15) is 0 Å². The Morgan fingerprint density at radius 1 is 1.35 bits per heavy atom. The fourth-order valence-corrected chi connectivity index (χ4v) is 3.11. The Bertz CT molecular complexity index is 323. The number of carbonyl (C=O) groups excluding carboxylic acids is 1. The van der Waals surface area contributed by atoms with Crippen molar-refractivity contribution in [2.24, 2.45) is 11.3 Å². The van der Waals surface area contributed by atoms with Crippen LogP contribution in [0.15, 0.2) is 0 Å². The zero-order valence-corrected chi connectivity index (χ0v) is 10.4. The molecule has 0 aromatic rings. The SMILES string of the molecule is CCC1(C(=O)O)CCN(C(=O)C2CCCC2)C1. The zero-order valence-electron chi connectivity index (χ0n) is 10.4. The molecule has 2 rings (SSSR count). The number of hydrogen-bond acceptors (Lipinski definition) is 2. The maximum atomic E-state index is 12.2. The van der Waals surface area contributed by atoms with E-state index in [-0.39, 0.29) is 11.8 Å². The van der Waals surface area contributed by atoms with Gasteiger partial charge in [-0.05, 0) is 25.7 Å². The largest absolute Gasteiger partial charge is 0.481 e. The molecule has 17 heavy (non-hydrogen) atoms. The summed E-state index contributed by atoms with van der Waals surface area (Å²) in [7, 11) is 0. The van der Waals surface area contributed by atoms with Gasteiger partial charge < -0.3 is 10.0 Å². The molecule has 96 valence electrons. The quantitative estimate of drug-likeness (QED) is 0.818. The fourth-order valence-electron chi connectivity index (χ4n) is 3.11. The summed E-state index contributed by atoms with van der Waals surface area (Å²) in [4.78, 5) is 25.3. The number of carbonyl (C=O) groups is 2. The molecule has 0 spiro atoms. The molecule has 0 radical (unpaired) electrons. The predicted molar refractivity (Wildman–Crippen MR) is 63.5 cm³/mol. The first kappa shape index (κ1) is 12.4. The van der Waals surface area contributed by atoms with Gasteiger partial charge in [-0.25, -0.2) is 0 Å². The van der Waals surface area contributed by atoms with Gasteiger partial charge in [0.2, 0.25) is 5.91 Å². The summed E-state index contributed by atoms with van der Waals surface area (Å²) in [6.45, 7) is 2.93. The van der Waals surface area contributed by atoms with Crippen molar-refractivity contribution in [1.82, 2.24) is 4.90 Å². The van der Waals surface area contributed by atoms with Gasteiger partial charge in [0.05, 0.1) is 5.41 Å². The minimum absolute atomic E-state index is 0.163. The van der Waals surface area contributed by atoms with Crippen molar-refractivity contribution in [2.75, 3.05) is 13.1 Å². The van der Waals surface area contributed by atoms with Crippen LogP contribution in [0.2, 0.25) is 0 Å². The lowest BCUT2D eigenvalue weighted by Gasteiger charge is -2.24. The van der Waals surface area contributed by atoms with Crippen LogP contribution in [0, 0.1) is 11.3 Å². The molecule has 2 aliphatic rings. The Hall–Kier alpha value is -1.06. The van der Waals surface area contributed by atoms with Crippen LogP contribution in [0.5, 0.6) is 0 Å². The Morgan fingerprint density at radius 3 is 2.47 bits per heavy atom. The van der Waals surface area contributed by atoms with Gasteiger partial charge in [-0.3, -0.25) is 9.59 Å². The van der Waals surface area contributed by atoms with Crippen molar-refractivity contribution in [3.63, 3.8) is 0 Å². The topological polar surface area (TPSA) is 57.6 Å². The van der Waals surface area contributed by atoms with Crippen molar-refractivity contribution >= 4 is 11.9 Å². The predicted octanol–water partition coefficient (Wildman–Crippen LogP) is 1.89. The molecule has 1 saturated carbocycles. The first-order valence-corrected chi connectivity index (χ1v) is 6.61. The van der Waals surface area contributed by atoms with Gasteiger partial charge in [0.15, 0.2) is 0 Å². The molecule has 1 N–H and O–H groups in total. The summed E-state index contributed by atoms with van der Waals surface area (Å²) in [6.07, 6.45) is 5.47. The van der Waals surface area contributed by atoms with Crippen LogP contribution < -0.4 is 0 Å². The molecule has 1 heterocycles. The molecule has 4 nitrogen and oxygen atoms in total. The Labute approximate surface area is 102 Å². The minimum Gasteiger partial charge on any atom is -0.481 e. The standard InChI is InChI=1S/C13H21NO3/c1-2-13(12(16)17)7-8-14(9-13)11(15)10-5-3-4-6-10/h10H,2-9H2,1H3,(H,16,17). The summed E-state index contributed by atoms with van der Waals surface area (Å²) in [6, 6.07) is 0. The van der Waals surface area contributed by atoms with E-state index in [4.69, 9.17) is 0 Å². The molecule has 0 bridgehead atoms. The maximum absolute atomic E-state index is 12.2. The highest BCUT2D eigenvalue weighted by molar-refractivity contribution is 5.82. The van der Waals surface area contributed by atoms with E-state index in [1.54, 1.807) is 4.90 Å². The van der Waals surface area contributed by atoms with Crippen molar-refractivity contribution in [1.29, 1.82) is 0 Å². The molecule has 1 aliphatic heterocycles. The Balaban J connectivity index is 2.01. The zero-order chi connectivity index (χ0) is 12.5. The molecular weight excluding hydrogens is 218 g/mol. The molecule has 0 aromatic carbocycles. The van der Waals surface area contributed by atoms with Crippen LogP contribution in [0.4, 0.5) is 0 Å². The van der Waals surface area contributed by atoms with Crippen LogP contribution in [0.1, 0.15) is 45.4 Å². The lowest BCUT2D eigenvalue weighted by atomic mass is 9.84. The number of amides is 1. The first-order valence-electron chi connectivity index (χ1n) is 6.61. The van der Waals surface area contributed by atoms with Gasteiger partial charge in [0.25, 0.3) is 0 Å². The van der Waals surface area contributed by atoms with Crippen molar-refractivity contribution in [3.05, 3.63) is 0 Å². The van der Waals surface area contributed by atoms with E-state index < -0.39 is 11.4 Å². The molecule has 1 amide bonds. The normalized spacial score (nSPS) is 29.8. The molecular formula is C13H21NO3. The van der Waals surface area contributed by atoms with Gasteiger partial charge in [0, 0.05) is 19.0 Å². The number of aliphatic carboxylic acids is 1. The molecule has 4 heteroatoms. The molecule has 1 atom stereocenters. The number of rotatable bonds is 3. The van der Waals surface area contributed by atoms with E-state index in [2.05, 4.69) is 0 Å². The number of carboxylic acids is 1. The van der Waals surface area contributed by atoms with Crippen LogP contribution in [-0.4, -0.2) is 35.0 Å². The summed E-state index contributed by atoms with van der Waals surface area (Å²) >= 11 is 0. The van der Waals surface area contributed by atoms with Crippen LogP contribution in [0.3, 0.4) is 0 Å². The van der Waals surface area contributed by atoms with Crippen LogP contribution in [0.25, 0.3) is 0 Å². The fraction of sp³-hybridized carbons (Fsp3) is 0.846. The highest BCUT2D eigenvalue weighted by atomic mass is 16.4. The van der Waals surface area contributed by atoms with Gasteiger partial charge in [0.1, 0.15) is 0 Å². The molecule has 1 saturated heterocycles. The van der Waals surface area contributed by atoms with E-state index >= 15 is 0 Å². The van der Waals surface area contributed by atoms with E-state index in [9.17, 15) is 14.7 Å². The number of hydrogen-bond donors (Lipinski definition) is 1. The smallest absolute Gasteiger partial charge is 0.311 e. The van der Waals surface area contributed by atoms with Crippen molar-refractivity contribution in [2.45, 2.75) is 45.4 Å². The Morgan fingerprint density at radius 2 is 2.00 bits per heavy atom. The number of nitrogens with zero attached hydrogens (tertiary/aromatic N) is 1. The second-order valence-corrected chi connectivity index (χ2v) is 5.43. The number of likely N-dealkylation sites (tertiary alicyclic amines) is 1. The average Bonchev–Trinajstić information content (AvgIpc) is 2.98. The molecule has 0 aromatic heterocycles. The van der Waals surface area contributed by atoms with E-state index in [1.165, 1.54) is 0 Å². The van der Waals surface area contributed by atoms with Gasteiger partial charge in [-0.1, -0.05) is 19.8 Å². The third-order valence-corrected chi connectivity index (χ3v) is 4.50. The number of carboxylic acid groups (broad SMARTS) is 1. The molecule has 1 aliphatic carbocycles. The van der Waals surface area contributed by atoms with Crippen LogP contribution >= 0.6 is 0 Å². The summed E-state index contributed by atoms with van der Waals surface area (Å²) in [5, 5.41) is 9.29. The van der Waals surface area contributed by atoms with E-state index in [0.717, 1.165) is 25.7 Å². The maximum Gasteiger partial charge on any atom is 0.311 e. The second-order valence-electron chi connectivity index (χ2n) is 5.43. The monoisotopic (exact) mass is 239 g/mol. The average molecular weight is 239 g/mol. The van der Waals surface area contributed by atoms with E-state index in [0.29, 0.717) is 25.9 Å².